The molecule has 3 nitrogen and oxygen atoms in total. The average Bonchev–Trinajstić information content (AvgIpc) is 2.29. The van der Waals surface area contributed by atoms with Crippen molar-refractivity contribution in [1.29, 1.82) is 0 Å². The first-order valence-electron chi connectivity index (χ1n) is 6.28. The first kappa shape index (κ1) is 15.0. The van der Waals surface area contributed by atoms with Crippen LogP contribution >= 0.6 is 11.6 Å². The molecule has 4 heteroatoms. The van der Waals surface area contributed by atoms with Crippen LogP contribution in [0.5, 0.6) is 0 Å². The highest BCUT2D eigenvalue weighted by Gasteiger charge is 2.11. The predicted octanol–water partition coefficient (Wildman–Crippen LogP) is 3.12. The molecule has 1 aromatic rings. The standard InChI is InChI=1S/C14H20ClNO2/c1-3-8-16(11-14(17)18-4-2)10-12-6-5-7-13(15)9-12/h5-7,9H,3-4,8,10-11H2,1-2H3. The largest absolute Gasteiger partial charge is 0.465 e. The van der Waals surface area contributed by atoms with E-state index in [1.165, 1.54) is 0 Å². The fourth-order valence-electron chi connectivity index (χ4n) is 1.81. The Hall–Kier alpha value is -1.06. The monoisotopic (exact) mass is 269 g/mol. The van der Waals surface area contributed by atoms with Crippen LogP contribution in [0.2, 0.25) is 5.02 Å². The lowest BCUT2D eigenvalue weighted by Crippen LogP contribution is -2.31. The molecule has 0 aliphatic heterocycles. The Bertz CT molecular complexity index is 382. The van der Waals surface area contributed by atoms with Crippen LogP contribution < -0.4 is 0 Å². The lowest BCUT2D eigenvalue weighted by Gasteiger charge is -2.20. The van der Waals surface area contributed by atoms with Crippen LogP contribution in [-0.2, 0) is 16.1 Å². The number of ether oxygens (including phenoxy) is 1. The third-order valence-corrected chi connectivity index (χ3v) is 2.73. The Kier molecular flexibility index (Phi) is 6.76. The van der Waals surface area contributed by atoms with Gasteiger partial charge in [-0.15, -0.1) is 0 Å². The number of halogens is 1. The summed E-state index contributed by atoms with van der Waals surface area (Å²) in [5.74, 6) is -0.173. The molecule has 0 bridgehead atoms. The molecule has 0 aliphatic carbocycles. The molecular weight excluding hydrogens is 250 g/mol. The average molecular weight is 270 g/mol. The molecule has 100 valence electrons. The van der Waals surface area contributed by atoms with Crippen molar-refractivity contribution in [3.63, 3.8) is 0 Å². The second kappa shape index (κ2) is 8.11. The van der Waals surface area contributed by atoms with Gasteiger partial charge in [0, 0.05) is 11.6 Å². The maximum atomic E-state index is 11.5. The normalized spacial score (nSPS) is 10.7. The summed E-state index contributed by atoms with van der Waals surface area (Å²) in [6, 6.07) is 7.71. The molecule has 0 atom stereocenters. The van der Waals surface area contributed by atoms with E-state index in [4.69, 9.17) is 16.3 Å². The van der Waals surface area contributed by atoms with E-state index >= 15 is 0 Å². The number of nitrogens with zero attached hydrogens (tertiary/aromatic N) is 1. The highest BCUT2D eigenvalue weighted by Crippen LogP contribution is 2.12. The summed E-state index contributed by atoms with van der Waals surface area (Å²) in [7, 11) is 0. The van der Waals surface area contributed by atoms with Crippen LogP contribution in [0.1, 0.15) is 25.8 Å². The molecule has 0 saturated carbocycles. The van der Waals surface area contributed by atoms with Gasteiger partial charge in [-0.2, -0.15) is 0 Å². The zero-order chi connectivity index (χ0) is 13.4. The van der Waals surface area contributed by atoms with Crippen LogP contribution in [0.4, 0.5) is 0 Å². The molecule has 0 N–H and O–H groups in total. The first-order chi connectivity index (χ1) is 8.65. The van der Waals surface area contributed by atoms with Gasteiger partial charge in [0.15, 0.2) is 0 Å². The van der Waals surface area contributed by atoms with E-state index in [9.17, 15) is 4.79 Å². The number of rotatable bonds is 7. The number of hydrogen-bond donors (Lipinski definition) is 0. The summed E-state index contributed by atoms with van der Waals surface area (Å²) in [5.41, 5.74) is 1.11. The van der Waals surface area contributed by atoms with Crippen molar-refractivity contribution in [3.05, 3.63) is 34.9 Å². The highest BCUT2D eigenvalue weighted by molar-refractivity contribution is 6.30. The van der Waals surface area contributed by atoms with E-state index < -0.39 is 0 Å². The van der Waals surface area contributed by atoms with Crippen LogP contribution in [0.3, 0.4) is 0 Å². The summed E-state index contributed by atoms with van der Waals surface area (Å²) in [6.07, 6.45) is 1.000. The molecule has 18 heavy (non-hydrogen) atoms. The Morgan fingerprint density at radius 2 is 2.17 bits per heavy atom. The quantitative estimate of drug-likeness (QED) is 0.713. The Morgan fingerprint density at radius 3 is 2.78 bits per heavy atom. The summed E-state index contributed by atoms with van der Waals surface area (Å²) in [6.45, 7) is 6.25. The van der Waals surface area contributed by atoms with Gasteiger partial charge >= 0.3 is 5.97 Å². The van der Waals surface area contributed by atoms with Gasteiger partial charge < -0.3 is 4.74 Å². The van der Waals surface area contributed by atoms with Crippen molar-refractivity contribution in [2.75, 3.05) is 19.7 Å². The van der Waals surface area contributed by atoms with Crippen molar-refractivity contribution in [2.24, 2.45) is 0 Å². The van der Waals surface area contributed by atoms with E-state index in [-0.39, 0.29) is 5.97 Å². The fraction of sp³-hybridized carbons (Fsp3) is 0.500. The smallest absolute Gasteiger partial charge is 0.320 e. The molecule has 0 heterocycles. The van der Waals surface area contributed by atoms with Gasteiger partial charge in [0.2, 0.25) is 0 Å². The van der Waals surface area contributed by atoms with Gasteiger partial charge in [0.1, 0.15) is 0 Å². The molecule has 1 rings (SSSR count). The van der Waals surface area contributed by atoms with E-state index in [0.717, 1.165) is 23.6 Å². The lowest BCUT2D eigenvalue weighted by atomic mass is 10.2. The summed E-state index contributed by atoms with van der Waals surface area (Å²) < 4.78 is 4.97. The second-order valence-electron chi connectivity index (χ2n) is 4.15. The van der Waals surface area contributed by atoms with Crippen molar-refractivity contribution < 1.29 is 9.53 Å². The van der Waals surface area contributed by atoms with Crippen LogP contribution in [0.15, 0.2) is 24.3 Å². The predicted molar refractivity (Wildman–Crippen MR) is 73.7 cm³/mol. The lowest BCUT2D eigenvalue weighted by molar-refractivity contribution is -0.144. The Balaban J connectivity index is 2.59. The van der Waals surface area contributed by atoms with Crippen molar-refractivity contribution in [3.8, 4) is 0 Å². The number of hydrogen-bond acceptors (Lipinski definition) is 3. The topological polar surface area (TPSA) is 29.5 Å². The number of carbonyl (C=O) groups is 1. The molecule has 0 aromatic heterocycles. The van der Waals surface area contributed by atoms with E-state index in [1.54, 1.807) is 0 Å². The summed E-state index contributed by atoms with van der Waals surface area (Å²) >= 11 is 5.95. The van der Waals surface area contributed by atoms with Gasteiger partial charge in [0.05, 0.1) is 13.2 Å². The number of benzene rings is 1. The summed E-state index contributed by atoms with van der Waals surface area (Å²) in [5, 5.41) is 0.722. The Labute approximate surface area is 114 Å². The molecule has 0 fully saturated rings. The van der Waals surface area contributed by atoms with Crippen LogP contribution in [0, 0.1) is 0 Å². The van der Waals surface area contributed by atoms with Crippen molar-refractivity contribution in [1.82, 2.24) is 4.90 Å². The summed E-state index contributed by atoms with van der Waals surface area (Å²) in [4.78, 5) is 13.6. The third-order valence-electron chi connectivity index (χ3n) is 2.49. The Morgan fingerprint density at radius 1 is 1.39 bits per heavy atom. The van der Waals surface area contributed by atoms with E-state index in [1.807, 2.05) is 31.2 Å². The van der Waals surface area contributed by atoms with E-state index in [2.05, 4.69) is 11.8 Å². The molecule has 0 spiro atoms. The fourth-order valence-corrected chi connectivity index (χ4v) is 2.03. The third kappa shape index (κ3) is 5.52. The molecule has 0 aliphatic rings. The van der Waals surface area contributed by atoms with E-state index in [0.29, 0.717) is 19.7 Å². The molecule has 0 unspecified atom stereocenters. The maximum absolute atomic E-state index is 11.5. The maximum Gasteiger partial charge on any atom is 0.320 e. The van der Waals surface area contributed by atoms with Gasteiger partial charge in [-0.25, -0.2) is 0 Å². The van der Waals surface area contributed by atoms with Gasteiger partial charge in [-0.05, 0) is 37.6 Å². The zero-order valence-electron chi connectivity index (χ0n) is 11.0. The number of esters is 1. The van der Waals surface area contributed by atoms with Crippen LogP contribution in [0.25, 0.3) is 0 Å². The second-order valence-corrected chi connectivity index (χ2v) is 4.58. The molecule has 1 aromatic carbocycles. The van der Waals surface area contributed by atoms with Crippen molar-refractivity contribution in [2.45, 2.75) is 26.8 Å². The molecule has 0 amide bonds. The minimum Gasteiger partial charge on any atom is -0.465 e. The molecule has 0 radical (unpaired) electrons. The number of carbonyl (C=O) groups excluding carboxylic acids is 1. The molecular formula is C14H20ClNO2. The SMILES string of the molecule is CCCN(CC(=O)OCC)Cc1cccc(Cl)c1. The van der Waals surface area contributed by atoms with Crippen molar-refractivity contribution >= 4 is 17.6 Å². The van der Waals surface area contributed by atoms with Gasteiger partial charge in [-0.3, -0.25) is 9.69 Å². The minimum absolute atomic E-state index is 0.173. The highest BCUT2D eigenvalue weighted by atomic mass is 35.5. The van der Waals surface area contributed by atoms with Gasteiger partial charge in [0.25, 0.3) is 0 Å². The molecule has 0 saturated heterocycles. The van der Waals surface area contributed by atoms with Crippen LogP contribution in [-0.4, -0.2) is 30.6 Å². The minimum atomic E-state index is -0.173. The first-order valence-corrected chi connectivity index (χ1v) is 6.66. The van der Waals surface area contributed by atoms with Gasteiger partial charge in [-0.1, -0.05) is 30.7 Å². The zero-order valence-corrected chi connectivity index (χ0v) is 11.7.